The van der Waals surface area contributed by atoms with Gasteiger partial charge in [-0.1, -0.05) is 5.16 Å². The monoisotopic (exact) mass is 406 g/mol. The lowest BCUT2D eigenvalue weighted by Gasteiger charge is -2.25. The van der Waals surface area contributed by atoms with Gasteiger partial charge in [0, 0.05) is 25.1 Å². The number of sulfonamides is 1. The predicted octanol–water partition coefficient (Wildman–Crippen LogP) is 0.924. The Morgan fingerprint density at radius 1 is 1.18 bits per heavy atom. The molecule has 0 amide bonds. The molecule has 3 heterocycles. The molecule has 1 aliphatic carbocycles. The van der Waals surface area contributed by atoms with Crippen molar-refractivity contribution >= 4 is 21.1 Å². The van der Waals surface area contributed by atoms with Gasteiger partial charge in [-0.25, -0.2) is 13.2 Å². The maximum Gasteiger partial charge on any atom is 0.420 e. The summed E-state index contributed by atoms with van der Waals surface area (Å²) >= 11 is 0. The molecule has 1 aliphatic heterocycles. The zero-order valence-corrected chi connectivity index (χ0v) is 15.7. The third-order valence-corrected chi connectivity index (χ3v) is 6.85. The van der Waals surface area contributed by atoms with Crippen molar-refractivity contribution in [2.24, 2.45) is 0 Å². The van der Waals surface area contributed by atoms with Gasteiger partial charge in [-0.05, 0) is 25.0 Å². The number of hydrogen-bond acceptors (Lipinski definition) is 8. The van der Waals surface area contributed by atoms with Gasteiger partial charge in [-0.15, -0.1) is 0 Å². The number of fused-ring (bicyclic) bond motifs is 1. The second kappa shape index (κ2) is 6.54. The van der Waals surface area contributed by atoms with Gasteiger partial charge in [0.05, 0.1) is 30.2 Å². The van der Waals surface area contributed by atoms with Gasteiger partial charge in [0.15, 0.2) is 11.4 Å². The molecule has 2 fully saturated rings. The highest BCUT2D eigenvalue weighted by atomic mass is 32.2. The zero-order valence-electron chi connectivity index (χ0n) is 14.9. The molecule has 1 aromatic carbocycles. The fourth-order valence-corrected chi connectivity index (χ4v) is 4.69. The third kappa shape index (κ3) is 3.05. The van der Waals surface area contributed by atoms with Crippen LogP contribution in [0.5, 0.6) is 0 Å². The van der Waals surface area contributed by atoms with Crippen LogP contribution in [0.25, 0.3) is 11.1 Å². The number of hydrogen-bond donors (Lipinski definition) is 0. The molecule has 1 saturated carbocycles. The van der Waals surface area contributed by atoms with Crippen molar-refractivity contribution in [3.05, 3.63) is 40.5 Å². The van der Waals surface area contributed by atoms with E-state index in [4.69, 9.17) is 13.7 Å². The van der Waals surface area contributed by atoms with Crippen LogP contribution in [0, 0.1) is 0 Å². The second-order valence-electron chi connectivity index (χ2n) is 6.92. The maximum absolute atomic E-state index is 12.8. The number of benzene rings is 1. The molecular formula is C17H18N4O6S. The van der Waals surface area contributed by atoms with Crippen molar-refractivity contribution in [3.8, 4) is 0 Å². The molecular weight excluding hydrogens is 388 g/mol. The lowest BCUT2D eigenvalue weighted by atomic mass is 10.3. The van der Waals surface area contributed by atoms with Crippen molar-refractivity contribution in [2.45, 2.75) is 30.2 Å². The van der Waals surface area contributed by atoms with Crippen LogP contribution in [-0.2, 0) is 21.3 Å². The molecule has 148 valence electrons. The number of rotatable bonds is 5. The summed E-state index contributed by atoms with van der Waals surface area (Å²) in [4.78, 5) is 16.7. The van der Waals surface area contributed by atoms with Gasteiger partial charge in [-0.3, -0.25) is 4.57 Å². The largest absolute Gasteiger partial charge is 0.420 e. The van der Waals surface area contributed by atoms with Crippen LogP contribution in [0.15, 0.2) is 36.8 Å². The molecule has 0 unspecified atom stereocenters. The fraction of sp³-hybridized carbons (Fsp3) is 0.471. The second-order valence-corrected chi connectivity index (χ2v) is 8.86. The smallest absolute Gasteiger partial charge is 0.408 e. The fourth-order valence-electron chi connectivity index (χ4n) is 3.26. The quantitative estimate of drug-likeness (QED) is 0.613. The molecule has 2 aliphatic rings. The first-order valence-electron chi connectivity index (χ1n) is 9.06. The molecule has 0 atom stereocenters. The minimum absolute atomic E-state index is 0.0818. The van der Waals surface area contributed by atoms with E-state index in [1.807, 2.05) is 0 Å². The van der Waals surface area contributed by atoms with Crippen LogP contribution in [0.2, 0.25) is 0 Å². The van der Waals surface area contributed by atoms with E-state index in [1.54, 1.807) is 6.07 Å². The highest BCUT2D eigenvalue weighted by molar-refractivity contribution is 7.89. The summed E-state index contributed by atoms with van der Waals surface area (Å²) in [5.74, 6) is 0.701. The first-order valence-corrected chi connectivity index (χ1v) is 10.5. The van der Waals surface area contributed by atoms with Crippen LogP contribution in [0.4, 0.5) is 0 Å². The number of ether oxygens (including phenoxy) is 1. The average molecular weight is 406 g/mol. The predicted molar refractivity (Wildman–Crippen MR) is 95.4 cm³/mol. The van der Waals surface area contributed by atoms with E-state index < -0.39 is 15.8 Å². The van der Waals surface area contributed by atoms with Gasteiger partial charge in [0.25, 0.3) is 0 Å². The lowest BCUT2D eigenvalue weighted by molar-refractivity contribution is 0.0730. The molecule has 5 rings (SSSR count). The van der Waals surface area contributed by atoms with Crippen molar-refractivity contribution in [2.75, 3.05) is 26.3 Å². The Hall–Kier alpha value is -2.50. The minimum Gasteiger partial charge on any atom is -0.408 e. The van der Waals surface area contributed by atoms with Crippen LogP contribution in [0.3, 0.4) is 0 Å². The molecule has 0 radical (unpaired) electrons. The maximum atomic E-state index is 12.8. The van der Waals surface area contributed by atoms with Gasteiger partial charge in [0.1, 0.15) is 0 Å². The third-order valence-electron chi connectivity index (χ3n) is 4.96. The summed E-state index contributed by atoms with van der Waals surface area (Å²) in [6.07, 6.45) is 2.08. The summed E-state index contributed by atoms with van der Waals surface area (Å²) in [6, 6.07) is 4.42. The van der Waals surface area contributed by atoms with Crippen LogP contribution >= 0.6 is 0 Å². The van der Waals surface area contributed by atoms with Crippen LogP contribution in [0.1, 0.15) is 30.5 Å². The van der Waals surface area contributed by atoms with Crippen molar-refractivity contribution in [3.63, 3.8) is 0 Å². The summed E-state index contributed by atoms with van der Waals surface area (Å²) in [7, 11) is -3.67. The van der Waals surface area contributed by atoms with Gasteiger partial charge in [0.2, 0.25) is 15.9 Å². The first kappa shape index (κ1) is 17.6. The first-order chi connectivity index (χ1) is 13.5. The van der Waals surface area contributed by atoms with Gasteiger partial charge < -0.3 is 13.7 Å². The van der Waals surface area contributed by atoms with E-state index in [0.717, 1.165) is 12.8 Å². The summed E-state index contributed by atoms with van der Waals surface area (Å²) in [5, 5.41) is 3.92. The van der Waals surface area contributed by atoms with E-state index in [2.05, 4.69) is 10.1 Å². The highest BCUT2D eigenvalue weighted by Gasteiger charge is 2.30. The average Bonchev–Trinajstić information content (AvgIpc) is 3.37. The van der Waals surface area contributed by atoms with Gasteiger partial charge in [-0.2, -0.15) is 9.29 Å². The Labute approximate surface area is 159 Å². The Kier molecular flexibility index (Phi) is 4.11. The molecule has 2 aromatic heterocycles. The Bertz CT molecular complexity index is 1180. The number of oxazole rings is 1. The lowest BCUT2D eigenvalue weighted by Crippen LogP contribution is -2.40. The van der Waals surface area contributed by atoms with Crippen LogP contribution in [-0.4, -0.2) is 53.7 Å². The van der Waals surface area contributed by atoms with Gasteiger partial charge >= 0.3 is 5.76 Å². The molecule has 11 heteroatoms. The standard InChI is InChI=1S/C17H18N4O6S/c22-17-21(10-15-18-16(27-19-15)11-1-2-11)13-4-3-12(9-14(13)26-17)28(23,24)20-5-7-25-8-6-20/h3-4,9,11H,1-2,5-8,10H2. The molecule has 0 bridgehead atoms. The SMILES string of the molecule is O=c1oc2cc(S(=O)(=O)N3CCOCC3)ccc2n1Cc1noc(C2CC2)n1. The highest BCUT2D eigenvalue weighted by Crippen LogP contribution is 2.38. The van der Waals surface area contributed by atoms with Crippen molar-refractivity contribution < 1.29 is 22.1 Å². The molecule has 0 spiro atoms. The zero-order chi connectivity index (χ0) is 19.3. The van der Waals surface area contributed by atoms with E-state index in [1.165, 1.54) is 21.0 Å². The van der Waals surface area contributed by atoms with E-state index in [-0.39, 0.29) is 17.0 Å². The van der Waals surface area contributed by atoms with E-state index in [9.17, 15) is 13.2 Å². The summed E-state index contributed by atoms with van der Waals surface area (Å²) in [5.41, 5.74) is 0.675. The Morgan fingerprint density at radius 2 is 1.96 bits per heavy atom. The Morgan fingerprint density at radius 3 is 2.71 bits per heavy atom. The summed E-state index contributed by atoms with van der Waals surface area (Å²) in [6.45, 7) is 1.41. The number of nitrogens with zero attached hydrogens (tertiary/aromatic N) is 4. The molecule has 0 N–H and O–H groups in total. The number of morpholine rings is 1. The summed E-state index contributed by atoms with van der Waals surface area (Å²) < 4.78 is 44.0. The number of aromatic nitrogens is 3. The minimum atomic E-state index is -3.67. The van der Waals surface area contributed by atoms with Crippen molar-refractivity contribution in [1.82, 2.24) is 19.0 Å². The molecule has 28 heavy (non-hydrogen) atoms. The topological polar surface area (TPSA) is 121 Å². The molecule has 1 saturated heterocycles. The van der Waals surface area contributed by atoms with Crippen LogP contribution < -0.4 is 5.76 Å². The molecule has 3 aromatic rings. The Balaban J connectivity index is 1.47. The van der Waals surface area contributed by atoms with E-state index in [0.29, 0.717) is 49.5 Å². The van der Waals surface area contributed by atoms with Crippen molar-refractivity contribution in [1.29, 1.82) is 0 Å². The molecule has 10 nitrogen and oxygen atoms in total. The normalized spacial score (nSPS) is 18.7. The van der Waals surface area contributed by atoms with E-state index >= 15 is 0 Å².